The molecule has 0 amide bonds. The maximum Gasteiger partial charge on any atom is 0.229 e. The van der Waals surface area contributed by atoms with Crippen LogP contribution in [0.4, 0.5) is 0 Å². The molecule has 10 heteroatoms. The van der Waals surface area contributed by atoms with E-state index in [0.29, 0.717) is 18.1 Å². The number of thioether (sulfide) groups is 1. The number of carbonyl (C=O) groups excluding carboxylic acids is 1. The number of aromatic amines is 1. The van der Waals surface area contributed by atoms with Crippen molar-refractivity contribution in [2.45, 2.75) is 44.9 Å². The summed E-state index contributed by atoms with van der Waals surface area (Å²) >= 11 is 1.45. The van der Waals surface area contributed by atoms with Crippen LogP contribution in [0.3, 0.4) is 0 Å². The monoisotopic (exact) mass is 476 g/mol. The summed E-state index contributed by atoms with van der Waals surface area (Å²) in [5.41, 5.74) is 3.66. The zero-order valence-electron chi connectivity index (χ0n) is 19.4. The lowest BCUT2D eigenvalue weighted by Crippen LogP contribution is -2.21. The zero-order valence-corrected chi connectivity index (χ0v) is 20.3. The summed E-state index contributed by atoms with van der Waals surface area (Å²) in [6, 6.07) is 12.2. The van der Waals surface area contributed by atoms with Crippen molar-refractivity contribution in [3.05, 3.63) is 71.1 Å². The van der Waals surface area contributed by atoms with Gasteiger partial charge in [-0.25, -0.2) is 5.10 Å². The van der Waals surface area contributed by atoms with Gasteiger partial charge in [0.2, 0.25) is 5.95 Å². The number of carbonyl (C=O) groups is 1. The van der Waals surface area contributed by atoms with E-state index in [2.05, 4.69) is 47.0 Å². The molecule has 0 bridgehead atoms. The highest BCUT2D eigenvalue weighted by Gasteiger charge is 2.22. The molecular weight excluding hydrogens is 448 g/mol. The first-order chi connectivity index (χ1) is 16.6. The minimum atomic E-state index is 0.0548. The Morgan fingerprint density at radius 1 is 1.09 bits per heavy atom. The average molecular weight is 477 g/mol. The standard InChI is InChI=1S/C24H28N8OS/c1-17-12-20(18(2)32(17)23-25-16-26-28-23)21(33)15-34-24-29-27-22(14-30-10-6-7-11-30)31(24)13-19-8-4-3-5-9-19/h3-5,8-9,12,16H,6-7,10-11,13-15H2,1-2H3,(H,25,26,28). The molecule has 0 radical (unpaired) electrons. The highest BCUT2D eigenvalue weighted by atomic mass is 32.2. The van der Waals surface area contributed by atoms with Gasteiger partial charge in [-0.05, 0) is 51.4 Å². The number of benzene rings is 1. The van der Waals surface area contributed by atoms with Crippen LogP contribution in [0.2, 0.25) is 0 Å². The molecule has 5 rings (SSSR count). The van der Waals surface area contributed by atoms with Gasteiger partial charge in [-0.2, -0.15) is 10.1 Å². The van der Waals surface area contributed by atoms with Gasteiger partial charge in [-0.3, -0.25) is 14.3 Å². The fraction of sp³-hybridized carbons (Fsp3) is 0.375. The molecule has 4 aromatic rings. The number of H-pyrrole nitrogens is 1. The van der Waals surface area contributed by atoms with Crippen molar-refractivity contribution in [1.29, 1.82) is 0 Å². The van der Waals surface area contributed by atoms with E-state index in [1.807, 2.05) is 42.7 Å². The van der Waals surface area contributed by atoms with Crippen LogP contribution in [0, 0.1) is 13.8 Å². The Morgan fingerprint density at radius 3 is 2.62 bits per heavy atom. The summed E-state index contributed by atoms with van der Waals surface area (Å²) in [5.74, 6) is 1.90. The van der Waals surface area contributed by atoms with Crippen molar-refractivity contribution in [2.24, 2.45) is 0 Å². The molecule has 176 valence electrons. The minimum Gasteiger partial charge on any atom is -0.300 e. The number of rotatable bonds is 9. The number of nitrogens with one attached hydrogen (secondary N) is 1. The predicted octanol–water partition coefficient (Wildman–Crippen LogP) is 3.42. The third-order valence-corrected chi connectivity index (χ3v) is 7.19. The molecule has 0 atom stereocenters. The first-order valence-corrected chi connectivity index (χ1v) is 12.5. The van der Waals surface area contributed by atoms with E-state index in [9.17, 15) is 4.79 Å². The van der Waals surface area contributed by atoms with Gasteiger partial charge in [-0.1, -0.05) is 42.1 Å². The van der Waals surface area contributed by atoms with Crippen LogP contribution in [0.15, 0.2) is 47.9 Å². The Morgan fingerprint density at radius 2 is 1.88 bits per heavy atom. The largest absolute Gasteiger partial charge is 0.300 e. The Kier molecular flexibility index (Phi) is 6.59. The van der Waals surface area contributed by atoms with Gasteiger partial charge in [0.15, 0.2) is 10.9 Å². The van der Waals surface area contributed by atoms with E-state index in [1.54, 1.807) is 0 Å². The van der Waals surface area contributed by atoms with E-state index in [-0.39, 0.29) is 11.5 Å². The maximum atomic E-state index is 13.2. The van der Waals surface area contributed by atoms with Crippen molar-refractivity contribution < 1.29 is 4.79 Å². The summed E-state index contributed by atoms with van der Waals surface area (Å²) < 4.78 is 4.07. The number of Topliss-reactive ketones (excluding diaryl/α,β-unsaturated/α-hetero) is 1. The van der Waals surface area contributed by atoms with Crippen LogP contribution >= 0.6 is 11.8 Å². The van der Waals surface area contributed by atoms with Crippen molar-refractivity contribution in [1.82, 2.24) is 39.4 Å². The second-order valence-corrected chi connectivity index (χ2v) is 9.54. The van der Waals surface area contributed by atoms with Gasteiger partial charge >= 0.3 is 0 Å². The predicted molar refractivity (Wildman–Crippen MR) is 130 cm³/mol. The van der Waals surface area contributed by atoms with Gasteiger partial charge in [0.1, 0.15) is 12.2 Å². The fourth-order valence-corrected chi connectivity index (χ4v) is 5.33. The summed E-state index contributed by atoms with van der Waals surface area (Å²) in [5, 5.41) is 16.6. The van der Waals surface area contributed by atoms with Crippen molar-refractivity contribution in [3.8, 4) is 5.95 Å². The van der Waals surface area contributed by atoms with Crippen LogP contribution < -0.4 is 0 Å². The fourth-order valence-electron chi connectivity index (χ4n) is 4.49. The average Bonchev–Trinajstić information content (AvgIpc) is 3.64. The molecule has 1 saturated heterocycles. The molecule has 34 heavy (non-hydrogen) atoms. The molecule has 9 nitrogen and oxygen atoms in total. The van der Waals surface area contributed by atoms with E-state index in [0.717, 1.165) is 42.0 Å². The van der Waals surface area contributed by atoms with Gasteiger partial charge in [0.25, 0.3) is 0 Å². The third kappa shape index (κ3) is 4.69. The molecule has 1 fully saturated rings. The van der Waals surface area contributed by atoms with Crippen molar-refractivity contribution in [2.75, 3.05) is 18.8 Å². The smallest absolute Gasteiger partial charge is 0.229 e. The summed E-state index contributed by atoms with van der Waals surface area (Å²) in [6.07, 6.45) is 3.93. The SMILES string of the molecule is Cc1cc(C(=O)CSc2nnc(CN3CCCC3)n2Cc2ccccc2)c(C)n1-c1ncn[nH]1. The molecule has 0 saturated carbocycles. The molecule has 1 aromatic carbocycles. The number of aryl methyl sites for hydroxylation is 1. The summed E-state index contributed by atoms with van der Waals surface area (Å²) in [6.45, 7) is 7.56. The zero-order chi connectivity index (χ0) is 23.5. The van der Waals surface area contributed by atoms with Crippen LogP contribution in [0.25, 0.3) is 5.95 Å². The number of hydrogen-bond acceptors (Lipinski definition) is 7. The maximum absolute atomic E-state index is 13.2. The molecule has 0 aliphatic carbocycles. The Bertz CT molecular complexity index is 1260. The van der Waals surface area contributed by atoms with Gasteiger partial charge in [0, 0.05) is 17.0 Å². The van der Waals surface area contributed by atoms with Gasteiger partial charge in [-0.15, -0.1) is 10.2 Å². The number of ketones is 1. The molecular formula is C24H28N8OS. The number of aromatic nitrogens is 7. The Hall–Kier alpha value is -3.24. The minimum absolute atomic E-state index is 0.0548. The van der Waals surface area contributed by atoms with Gasteiger partial charge < -0.3 is 4.57 Å². The van der Waals surface area contributed by atoms with E-state index in [1.165, 1.54) is 36.5 Å². The second-order valence-electron chi connectivity index (χ2n) is 8.59. The molecule has 3 aromatic heterocycles. The highest BCUT2D eigenvalue weighted by Crippen LogP contribution is 2.24. The van der Waals surface area contributed by atoms with Crippen LogP contribution in [-0.4, -0.2) is 64.0 Å². The second kappa shape index (κ2) is 9.94. The molecule has 4 heterocycles. The molecule has 1 N–H and O–H groups in total. The van der Waals surface area contributed by atoms with E-state index in [4.69, 9.17) is 0 Å². The van der Waals surface area contributed by atoms with Crippen LogP contribution in [-0.2, 0) is 13.1 Å². The molecule has 1 aliphatic rings. The topological polar surface area (TPSA) is 97.5 Å². The van der Waals surface area contributed by atoms with E-state index >= 15 is 0 Å². The van der Waals surface area contributed by atoms with Crippen molar-refractivity contribution >= 4 is 17.5 Å². The van der Waals surface area contributed by atoms with E-state index < -0.39 is 0 Å². The number of nitrogens with zero attached hydrogens (tertiary/aromatic N) is 7. The lowest BCUT2D eigenvalue weighted by Gasteiger charge is -2.16. The van der Waals surface area contributed by atoms with Gasteiger partial charge in [0.05, 0.1) is 18.8 Å². The van der Waals surface area contributed by atoms with Crippen LogP contribution in [0.5, 0.6) is 0 Å². The lowest BCUT2D eigenvalue weighted by atomic mass is 10.2. The lowest BCUT2D eigenvalue weighted by molar-refractivity contribution is 0.102. The third-order valence-electron chi connectivity index (χ3n) is 6.22. The molecule has 0 unspecified atom stereocenters. The summed E-state index contributed by atoms with van der Waals surface area (Å²) in [4.78, 5) is 19.8. The number of hydrogen-bond donors (Lipinski definition) is 1. The summed E-state index contributed by atoms with van der Waals surface area (Å²) in [7, 11) is 0. The highest BCUT2D eigenvalue weighted by molar-refractivity contribution is 7.99. The van der Waals surface area contributed by atoms with Crippen molar-refractivity contribution in [3.63, 3.8) is 0 Å². The first kappa shape index (κ1) is 22.5. The normalized spacial score (nSPS) is 14.2. The van der Waals surface area contributed by atoms with Crippen LogP contribution in [0.1, 0.15) is 46.0 Å². The number of likely N-dealkylation sites (tertiary alicyclic amines) is 1. The molecule has 0 spiro atoms. The Balaban J connectivity index is 1.35. The quantitative estimate of drug-likeness (QED) is 0.292. The first-order valence-electron chi connectivity index (χ1n) is 11.5. The Labute approximate surface area is 202 Å². The molecule has 1 aliphatic heterocycles.